The molecule has 1 saturated heterocycles. The van der Waals surface area contributed by atoms with Crippen molar-refractivity contribution >= 4 is 35.0 Å². The molecular formula is C39H41ClF3N3O6. The summed E-state index contributed by atoms with van der Waals surface area (Å²) >= 11 is 6.40. The first kappa shape index (κ1) is 37.4. The van der Waals surface area contributed by atoms with Gasteiger partial charge in [-0.25, -0.2) is 8.78 Å². The van der Waals surface area contributed by atoms with Crippen LogP contribution in [0.4, 0.5) is 13.2 Å². The highest BCUT2D eigenvalue weighted by atomic mass is 35.5. The van der Waals surface area contributed by atoms with E-state index in [1.165, 1.54) is 0 Å². The zero-order valence-electron chi connectivity index (χ0n) is 28.5. The van der Waals surface area contributed by atoms with Crippen molar-refractivity contribution in [3.63, 3.8) is 0 Å². The number of piperazine rings is 1. The average Bonchev–Trinajstić information content (AvgIpc) is 3.87. The van der Waals surface area contributed by atoms with E-state index in [0.717, 1.165) is 47.6 Å². The molecule has 0 unspecified atom stereocenters. The summed E-state index contributed by atoms with van der Waals surface area (Å²) in [5.41, 5.74) is 3.81. The van der Waals surface area contributed by atoms with E-state index in [2.05, 4.69) is 10.6 Å². The Morgan fingerprint density at radius 2 is 1.71 bits per heavy atom. The molecule has 3 aliphatic rings. The maximum Gasteiger partial charge on any atom is 0.305 e. The highest BCUT2D eigenvalue weighted by Gasteiger charge is 2.46. The molecule has 3 aromatic carbocycles. The molecule has 4 N–H and O–H groups in total. The van der Waals surface area contributed by atoms with Gasteiger partial charge < -0.3 is 30.5 Å². The van der Waals surface area contributed by atoms with Crippen LogP contribution in [-0.2, 0) is 27.2 Å². The smallest absolute Gasteiger partial charge is 0.305 e. The number of amides is 2. The number of ether oxygens (including phenoxy) is 1. The third kappa shape index (κ3) is 8.97. The van der Waals surface area contributed by atoms with Crippen LogP contribution in [0.25, 0.3) is 5.57 Å². The van der Waals surface area contributed by atoms with E-state index in [0.29, 0.717) is 48.9 Å². The number of nitrogens with one attached hydrogen (secondary N) is 2. The van der Waals surface area contributed by atoms with Gasteiger partial charge >= 0.3 is 5.97 Å². The predicted molar refractivity (Wildman–Crippen MR) is 188 cm³/mol. The molecule has 0 spiro atoms. The standard InChI is InChI=1S/C39H41ClF3N3O6/c40-29-6-2-1-5-25(29)13-14-39(15-16-39)45-38(51)35-28(18-26-21-46(22-32(35)44-26)33(48)19-27(47)20-34(49)50)24-9-7-23(8-10-24)4-3-17-52-37-31(42)12-11-30(41)36(37)43/h1-2,5-12,26-27,32,44,47H,3-4,13-22H2,(H,45,51)(H,49,50)/t26-,27-,32-/m1/s1. The summed E-state index contributed by atoms with van der Waals surface area (Å²) in [6, 6.07) is 16.2. The molecule has 9 nitrogen and oxygen atoms in total. The predicted octanol–water partition coefficient (Wildman–Crippen LogP) is 5.60. The summed E-state index contributed by atoms with van der Waals surface area (Å²) in [7, 11) is 0. The minimum absolute atomic E-state index is 0.0235. The van der Waals surface area contributed by atoms with Gasteiger partial charge in [-0.15, -0.1) is 0 Å². The quantitative estimate of drug-likeness (QED) is 0.118. The third-order valence-corrected chi connectivity index (χ3v) is 10.4. The van der Waals surface area contributed by atoms with E-state index >= 15 is 0 Å². The van der Waals surface area contributed by atoms with Crippen LogP contribution in [0.15, 0.2) is 66.2 Å². The normalized spacial score (nSPS) is 19.6. The molecule has 1 saturated carbocycles. The van der Waals surface area contributed by atoms with Gasteiger partial charge in [-0.3, -0.25) is 14.4 Å². The van der Waals surface area contributed by atoms with Crippen molar-refractivity contribution in [3.05, 3.63) is 105 Å². The Morgan fingerprint density at radius 1 is 0.981 bits per heavy atom. The summed E-state index contributed by atoms with van der Waals surface area (Å²) < 4.78 is 46.6. The Morgan fingerprint density at radius 3 is 2.42 bits per heavy atom. The minimum atomic E-state index is -1.36. The fourth-order valence-corrected chi connectivity index (χ4v) is 7.36. The van der Waals surface area contributed by atoms with Gasteiger partial charge in [-0.1, -0.05) is 54.1 Å². The van der Waals surface area contributed by atoms with Crippen molar-refractivity contribution in [3.8, 4) is 5.75 Å². The number of carbonyl (C=O) groups excluding carboxylic acids is 2. The maximum atomic E-state index is 14.3. The van der Waals surface area contributed by atoms with Crippen LogP contribution < -0.4 is 15.4 Å². The van der Waals surface area contributed by atoms with Gasteiger partial charge in [0.2, 0.25) is 17.6 Å². The molecule has 2 heterocycles. The fraction of sp³-hybridized carbons (Fsp3) is 0.410. The lowest BCUT2D eigenvalue weighted by Crippen LogP contribution is -2.62. The Labute approximate surface area is 304 Å². The van der Waals surface area contributed by atoms with Crippen LogP contribution in [0.1, 0.15) is 61.6 Å². The Hall–Kier alpha value is -4.39. The molecule has 2 bridgehead atoms. The number of halogens is 4. The topological polar surface area (TPSA) is 128 Å². The number of hydrogen-bond acceptors (Lipinski definition) is 6. The highest BCUT2D eigenvalue weighted by molar-refractivity contribution is 6.31. The Kier molecular flexibility index (Phi) is 11.6. The lowest BCUT2D eigenvalue weighted by Gasteiger charge is -2.44. The summed E-state index contributed by atoms with van der Waals surface area (Å²) in [5.74, 6) is -6.04. The van der Waals surface area contributed by atoms with E-state index in [1.54, 1.807) is 4.90 Å². The number of carboxylic acids is 1. The molecular weight excluding hydrogens is 699 g/mol. The number of aliphatic carboxylic acids is 1. The van der Waals surface area contributed by atoms with Gasteiger partial charge in [-0.2, -0.15) is 4.39 Å². The van der Waals surface area contributed by atoms with Crippen LogP contribution in [0.2, 0.25) is 5.02 Å². The summed E-state index contributed by atoms with van der Waals surface area (Å²) in [6.07, 6.45) is 2.30. The first-order chi connectivity index (χ1) is 24.9. The molecule has 2 fully saturated rings. The monoisotopic (exact) mass is 739 g/mol. The van der Waals surface area contributed by atoms with Crippen LogP contribution in [0.3, 0.4) is 0 Å². The average molecular weight is 740 g/mol. The lowest BCUT2D eigenvalue weighted by atomic mass is 9.82. The Bertz CT molecular complexity index is 1850. The summed E-state index contributed by atoms with van der Waals surface area (Å²) in [4.78, 5) is 40.1. The number of rotatable bonds is 15. The number of aryl methyl sites for hydroxylation is 2. The van der Waals surface area contributed by atoms with Crippen molar-refractivity contribution in [1.82, 2.24) is 15.5 Å². The number of nitrogens with zero attached hydrogens (tertiary/aromatic N) is 1. The van der Waals surface area contributed by atoms with Gasteiger partial charge in [0.25, 0.3) is 0 Å². The van der Waals surface area contributed by atoms with Crippen LogP contribution in [-0.4, -0.2) is 76.3 Å². The van der Waals surface area contributed by atoms with Crippen molar-refractivity contribution in [2.24, 2.45) is 0 Å². The molecule has 0 radical (unpaired) electrons. The number of aliphatic hydroxyl groups excluding tert-OH is 1. The number of carboxylic acid groups (broad SMARTS) is 1. The third-order valence-electron chi connectivity index (χ3n) is 10.0. The number of hydrogen-bond donors (Lipinski definition) is 4. The Balaban J connectivity index is 1.18. The number of fused-ring (bicyclic) bond motifs is 2. The van der Waals surface area contributed by atoms with Crippen molar-refractivity contribution in [2.75, 3.05) is 19.7 Å². The van der Waals surface area contributed by atoms with Crippen LogP contribution in [0.5, 0.6) is 5.75 Å². The van der Waals surface area contributed by atoms with Gasteiger partial charge in [0.05, 0.1) is 31.6 Å². The van der Waals surface area contributed by atoms with Gasteiger partial charge in [0.15, 0.2) is 17.4 Å². The zero-order chi connectivity index (χ0) is 37.0. The molecule has 3 aromatic rings. The largest absolute Gasteiger partial charge is 0.488 e. The van der Waals surface area contributed by atoms with E-state index in [-0.39, 0.29) is 43.0 Å². The second kappa shape index (κ2) is 16.1. The van der Waals surface area contributed by atoms with Crippen LogP contribution in [0, 0.1) is 17.5 Å². The maximum absolute atomic E-state index is 14.3. The van der Waals surface area contributed by atoms with Gasteiger partial charge in [-0.05, 0) is 85.4 Å². The highest BCUT2D eigenvalue weighted by Crippen LogP contribution is 2.42. The zero-order valence-corrected chi connectivity index (χ0v) is 29.2. The number of benzene rings is 3. The number of aliphatic hydroxyl groups is 1. The van der Waals surface area contributed by atoms with E-state index < -0.39 is 47.7 Å². The molecule has 6 rings (SSSR count). The molecule has 1 aliphatic carbocycles. The lowest BCUT2D eigenvalue weighted by molar-refractivity contribution is -0.141. The molecule has 0 aromatic heterocycles. The summed E-state index contributed by atoms with van der Waals surface area (Å²) in [6.45, 7) is 0.489. The molecule has 2 aliphatic heterocycles. The first-order valence-corrected chi connectivity index (χ1v) is 17.9. The first-order valence-electron chi connectivity index (χ1n) is 17.5. The second-order valence-corrected chi connectivity index (χ2v) is 14.3. The molecule has 2 amide bonds. The minimum Gasteiger partial charge on any atom is -0.488 e. The van der Waals surface area contributed by atoms with Gasteiger partial charge in [0.1, 0.15) is 0 Å². The van der Waals surface area contributed by atoms with Crippen molar-refractivity contribution in [2.45, 2.75) is 81.5 Å². The fourth-order valence-electron chi connectivity index (χ4n) is 7.13. The summed E-state index contributed by atoms with van der Waals surface area (Å²) in [5, 5.41) is 26.7. The second-order valence-electron chi connectivity index (χ2n) is 13.9. The molecule has 3 atom stereocenters. The molecule has 13 heteroatoms. The van der Waals surface area contributed by atoms with Crippen LogP contribution >= 0.6 is 11.6 Å². The van der Waals surface area contributed by atoms with Gasteiger partial charge in [0, 0.05) is 35.3 Å². The molecule has 276 valence electrons. The number of carbonyl (C=O) groups is 3. The van der Waals surface area contributed by atoms with E-state index in [1.807, 2.05) is 48.5 Å². The molecule has 52 heavy (non-hydrogen) atoms. The van der Waals surface area contributed by atoms with Crippen molar-refractivity contribution < 1.29 is 42.5 Å². The van der Waals surface area contributed by atoms with Crippen molar-refractivity contribution in [1.29, 1.82) is 0 Å². The van der Waals surface area contributed by atoms with E-state index in [9.17, 15) is 32.7 Å². The van der Waals surface area contributed by atoms with E-state index in [4.69, 9.17) is 21.4 Å². The SMILES string of the molecule is O=C(O)C[C@H](O)CC(=O)N1C[C@H]2CC(c3ccc(CCCOc4c(F)ccc(F)c4F)cc3)=C(C(=O)NC3(CCc4ccccc4Cl)CC3)[C@@H](C1)N2.